The van der Waals surface area contributed by atoms with Gasteiger partial charge in [-0.15, -0.1) is 0 Å². The molecule has 2 heterocycles. The minimum Gasteiger partial charge on any atom is -0.395 e. The van der Waals surface area contributed by atoms with Crippen LogP contribution in [0.15, 0.2) is 33.7 Å². The highest BCUT2D eigenvalue weighted by molar-refractivity contribution is 9.10. The second-order valence-electron chi connectivity index (χ2n) is 4.95. The van der Waals surface area contributed by atoms with Gasteiger partial charge in [0.15, 0.2) is 0 Å². The molecule has 2 aromatic rings. The number of rotatable bonds is 5. The van der Waals surface area contributed by atoms with E-state index in [0.29, 0.717) is 18.7 Å². The molecule has 0 bridgehead atoms. The van der Waals surface area contributed by atoms with E-state index in [9.17, 15) is 4.79 Å². The van der Waals surface area contributed by atoms with Crippen LogP contribution >= 0.6 is 15.9 Å². The molecule has 1 N–H and O–H groups in total. The van der Waals surface area contributed by atoms with Gasteiger partial charge in [0.25, 0.3) is 5.56 Å². The zero-order valence-electron chi connectivity index (χ0n) is 11.6. The smallest absolute Gasteiger partial charge is 0.258 e. The maximum Gasteiger partial charge on any atom is 0.258 e. The molecule has 0 fully saturated rings. The van der Waals surface area contributed by atoms with Gasteiger partial charge in [0.2, 0.25) is 0 Å². The van der Waals surface area contributed by atoms with E-state index in [-0.39, 0.29) is 18.2 Å². The van der Waals surface area contributed by atoms with Crippen molar-refractivity contribution in [2.75, 3.05) is 13.2 Å². The first-order valence-electron chi connectivity index (χ1n) is 6.54. The van der Waals surface area contributed by atoms with Gasteiger partial charge < -0.3 is 5.11 Å². The molecule has 0 aliphatic heterocycles. The lowest BCUT2D eigenvalue weighted by Gasteiger charge is -2.25. The Bertz CT molecular complexity index is 654. The molecule has 0 saturated carbocycles. The van der Waals surface area contributed by atoms with Crippen LogP contribution in [0.4, 0.5) is 0 Å². The van der Waals surface area contributed by atoms with Crippen molar-refractivity contribution in [2.24, 2.45) is 0 Å². The Kier molecular flexibility index (Phi) is 4.91. The second kappa shape index (κ2) is 6.47. The maximum absolute atomic E-state index is 12.1. The fraction of sp³-hybridized carbons (Fsp3) is 0.429. The highest BCUT2D eigenvalue weighted by Crippen LogP contribution is 2.10. The Balaban J connectivity index is 2.36. The number of aliphatic hydroxyl groups excluding tert-OH is 1. The lowest BCUT2D eigenvalue weighted by molar-refractivity contribution is 0.158. The molecule has 0 aliphatic carbocycles. The molecular formula is C14H18BrN3O2. The number of fused-ring (bicyclic) bond motifs is 1. The monoisotopic (exact) mass is 339 g/mol. The predicted octanol–water partition coefficient (Wildman–Crippen LogP) is 1.66. The molecule has 20 heavy (non-hydrogen) atoms. The first-order chi connectivity index (χ1) is 9.51. The van der Waals surface area contributed by atoms with E-state index < -0.39 is 0 Å². The zero-order valence-corrected chi connectivity index (χ0v) is 13.2. The highest BCUT2D eigenvalue weighted by Gasteiger charge is 2.11. The Morgan fingerprint density at radius 3 is 2.85 bits per heavy atom. The first-order valence-corrected chi connectivity index (χ1v) is 7.33. The molecule has 2 aromatic heterocycles. The van der Waals surface area contributed by atoms with Crippen molar-refractivity contribution in [1.29, 1.82) is 0 Å². The topological polar surface area (TPSA) is 57.8 Å². The van der Waals surface area contributed by atoms with E-state index in [2.05, 4.69) is 39.7 Å². The number of aliphatic hydroxyl groups is 1. The van der Waals surface area contributed by atoms with Gasteiger partial charge in [-0.1, -0.05) is 0 Å². The summed E-state index contributed by atoms with van der Waals surface area (Å²) in [6.45, 7) is 5.33. The molecule has 2 rings (SSSR count). The predicted molar refractivity (Wildman–Crippen MR) is 81.8 cm³/mol. The van der Waals surface area contributed by atoms with E-state index in [0.717, 1.165) is 10.2 Å². The third-order valence-corrected chi connectivity index (χ3v) is 3.63. The summed E-state index contributed by atoms with van der Waals surface area (Å²) < 4.78 is 2.35. The van der Waals surface area contributed by atoms with Crippen LogP contribution in [-0.4, -0.2) is 38.6 Å². The molecule has 0 atom stereocenters. The van der Waals surface area contributed by atoms with E-state index >= 15 is 0 Å². The van der Waals surface area contributed by atoms with Crippen LogP contribution in [0.1, 0.15) is 19.5 Å². The molecule has 0 aromatic carbocycles. The molecule has 0 amide bonds. The summed E-state index contributed by atoms with van der Waals surface area (Å²) in [7, 11) is 0. The average molecular weight is 340 g/mol. The number of hydrogen-bond acceptors (Lipinski definition) is 4. The lowest BCUT2D eigenvalue weighted by Crippen LogP contribution is -2.33. The van der Waals surface area contributed by atoms with Crippen molar-refractivity contribution in [2.45, 2.75) is 26.4 Å². The zero-order chi connectivity index (χ0) is 14.7. The number of pyridine rings is 1. The summed E-state index contributed by atoms with van der Waals surface area (Å²) in [5, 5.41) is 9.09. The molecule has 0 aliphatic rings. The SMILES string of the molecule is CC(C)N(CCO)Cc1cc(=O)n2cc(Br)ccc2n1. The average Bonchev–Trinajstić information content (AvgIpc) is 2.39. The van der Waals surface area contributed by atoms with Crippen LogP contribution in [-0.2, 0) is 6.54 Å². The summed E-state index contributed by atoms with van der Waals surface area (Å²) in [5.41, 5.74) is 1.25. The van der Waals surface area contributed by atoms with Crippen LogP contribution in [0.5, 0.6) is 0 Å². The van der Waals surface area contributed by atoms with Gasteiger partial charge in [-0.05, 0) is 41.9 Å². The third-order valence-electron chi connectivity index (χ3n) is 3.16. The van der Waals surface area contributed by atoms with Crippen LogP contribution in [0.3, 0.4) is 0 Å². The largest absolute Gasteiger partial charge is 0.395 e. The van der Waals surface area contributed by atoms with Gasteiger partial charge in [0.05, 0.1) is 12.3 Å². The Morgan fingerprint density at radius 1 is 1.45 bits per heavy atom. The number of aromatic nitrogens is 2. The minimum atomic E-state index is -0.0981. The highest BCUT2D eigenvalue weighted by atomic mass is 79.9. The van der Waals surface area contributed by atoms with Gasteiger partial charge in [-0.3, -0.25) is 14.1 Å². The second-order valence-corrected chi connectivity index (χ2v) is 5.86. The summed E-state index contributed by atoms with van der Waals surface area (Å²) in [4.78, 5) is 18.7. The van der Waals surface area contributed by atoms with Crippen molar-refractivity contribution >= 4 is 21.6 Å². The van der Waals surface area contributed by atoms with Gasteiger partial charge in [0.1, 0.15) is 5.65 Å². The van der Waals surface area contributed by atoms with E-state index in [1.807, 2.05) is 6.07 Å². The van der Waals surface area contributed by atoms with Crippen molar-refractivity contribution in [1.82, 2.24) is 14.3 Å². The van der Waals surface area contributed by atoms with Gasteiger partial charge in [0, 0.05) is 35.9 Å². The lowest BCUT2D eigenvalue weighted by atomic mass is 10.2. The molecular weight excluding hydrogens is 322 g/mol. The maximum atomic E-state index is 12.1. The minimum absolute atomic E-state index is 0.0949. The Morgan fingerprint density at radius 2 is 2.20 bits per heavy atom. The number of hydrogen-bond donors (Lipinski definition) is 1. The summed E-state index contributed by atoms with van der Waals surface area (Å²) in [6, 6.07) is 5.50. The van der Waals surface area contributed by atoms with E-state index in [1.165, 1.54) is 4.40 Å². The number of nitrogens with zero attached hydrogens (tertiary/aromatic N) is 3. The van der Waals surface area contributed by atoms with Crippen molar-refractivity contribution in [3.63, 3.8) is 0 Å². The Hall–Kier alpha value is -1.24. The summed E-state index contributed by atoms with van der Waals surface area (Å²) in [6.07, 6.45) is 1.71. The molecule has 0 radical (unpaired) electrons. The Labute approximate surface area is 126 Å². The third kappa shape index (κ3) is 3.45. The van der Waals surface area contributed by atoms with Crippen LogP contribution in [0, 0.1) is 0 Å². The molecule has 6 heteroatoms. The van der Waals surface area contributed by atoms with Crippen molar-refractivity contribution < 1.29 is 5.11 Å². The van der Waals surface area contributed by atoms with Gasteiger partial charge in [-0.25, -0.2) is 4.98 Å². The van der Waals surface area contributed by atoms with Crippen molar-refractivity contribution in [3.8, 4) is 0 Å². The summed E-state index contributed by atoms with van der Waals surface area (Å²) in [5.74, 6) is 0. The molecule has 108 valence electrons. The molecule has 0 unspecified atom stereocenters. The molecule has 0 saturated heterocycles. The van der Waals surface area contributed by atoms with Gasteiger partial charge in [-0.2, -0.15) is 0 Å². The number of halogens is 1. The normalized spacial score (nSPS) is 11.7. The molecule has 0 spiro atoms. The quantitative estimate of drug-likeness (QED) is 0.899. The molecule has 5 nitrogen and oxygen atoms in total. The van der Waals surface area contributed by atoms with Gasteiger partial charge >= 0.3 is 0 Å². The first kappa shape index (κ1) is 15.2. The standard InChI is InChI=1S/C14H18BrN3O2/c1-10(2)17(5-6-19)9-12-7-14(20)18-8-11(15)3-4-13(18)16-12/h3-4,7-8,10,19H,5-6,9H2,1-2H3. The fourth-order valence-corrected chi connectivity index (χ4v) is 2.40. The van der Waals surface area contributed by atoms with E-state index in [4.69, 9.17) is 5.11 Å². The van der Waals surface area contributed by atoms with E-state index in [1.54, 1.807) is 18.3 Å². The van der Waals surface area contributed by atoms with Crippen LogP contribution < -0.4 is 5.56 Å². The van der Waals surface area contributed by atoms with Crippen LogP contribution in [0.25, 0.3) is 5.65 Å². The fourth-order valence-electron chi connectivity index (χ4n) is 2.06. The van der Waals surface area contributed by atoms with Crippen molar-refractivity contribution in [3.05, 3.63) is 44.9 Å². The summed E-state index contributed by atoms with van der Waals surface area (Å²) >= 11 is 3.34. The van der Waals surface area contributed by atoms with Crippen LogP contribution in [0.2, 0.25) is 0 Å².